The molecule has 9 nitrogen and oxygen atoms in total. The number of nitrogens with zero attached hydrogens (tertiary/aromatic N) is 1. The van der Waals surface area contributed by atoms with E-state index in [0.29, 0.717) is 17.4 Å². The van der Waals surface area contributed by atoms with Crippen molar-refractivity contribution in [2.45, 2.75) is 296 Å². The van der Waals surface area contributed by atoms with Crippen molar-refractivity contribution in [3.63, 3.8) is 0 Å². The van der Waals surface area contributed by atoms with Crippen molar-refractivity contribution in [1.82, 2.24) is 0 Å². The summed E-state index contributed by atoms with van der Waals surface area (Å²) in [5.41, 5.74) is 0. The number of hydrogen-bond donors (Lipinski definition) is 0. The van der Waals surface area contributed by atoms with Crippen molar-refractivity contribution in [3.8, 4) is 0 Å². The van der Waals surface area contributed by atoms with Gasteiger partial charge in [0.05, 0.1) is 27.7 Å². The number of ether oxygens (including phenoxy) is 2. The lowest BCUT2D eigenvalue weighted by molar-refractivity contribution is -0.870. The molecule has 0 aromatic carbocycles. The highest BCUT2D eigenvalue weighted by Crippen LogP contribution is 2.38. The average molecular weight is 944 g/mol. The lowest BCUT2D eigenvalue weighted by atomic mass is 10.0. The number of rotatable bonds is 53. The van der Waals surface area contributed by atoms with Crippen LogP contribution in [0.2, 0.25) is 0 Å². The van der Waals surface area contributed by atoms with E-state index in [1.54, 1.807) is 0 Å². The van der Waals surface area contributed by atoms with E-state index in [2.05, 4.69) is 13.8 Å². The van der Waals surface area contributed by atoms with Gasteiger partial charge < -0.3 is 27.9 Å². The van der Waals surface area contributed by atoms with Crippen molar-refractivity contribution in [2.75, 3.05) is 47.5 Å². The first-order chi connectivity index (χ1) is 31.5. The SMILES string of the molecule is CCCCCCCCCCCCCCCCCCCCCCCCCC(=O)OCC(COP(=O)([O-])OCC[N+](C)(C)C)OC(=O)CCCCCCCCCCCCCCCCCCCC. The van der Waals surface area contributed by atoms with E-state index >= 15 is 0 Å². The maximum atomic E-state index is 12.8. The number of likely N-dealkylation sites (N-methyl/N-ethyl adjacent to an activating group) is 1. The third-order valence-electron chi connectivity index (χ3n) is 12.9. The monoisotopic (exact) mass is 944 g/mol. The van der Waals surface area contributed by atoms with Crippen molar-refractivity contribution in [3.05, 3.63) is 0 Å². The molecule has 0 aliphatic heterocycles. The molecule has 65 heavy (non-hydrogen) atoms. The minimum Gasteiger partial charge on any atom is -0.756 e. The quantitative estimate of drug-likeness (QED) is 0.0257. The van der Waals surface area contributed by atoms with E-state index in [0.717, 1.165) is 32.1 Å². The number of quaternary nitrogens is 1. The molecule has 0 amide bonds. The molecule has 2 unspecified atom stereocenters. The van der Waals surface area contributed by atoms with Crippen molar-refractivity contribution in [1.29, 1.82) is 0 Å². The fourth-order valence-electron chi connectivity index (χ4n) is 8.48. The van der Waals surface area contributed by atoms with Crippen molar-refractivity contribution >= 4 is 19.8 Å². The van der Waals surface area contributed by atoms with Crippen LogP contribution in [-0.4, -0.2) is 70.0 Å². The van der Waals surface area contributed by atoms with E-state index in [9.17, 15) is 19.0 Å². The van der Waals surface area contributed by atoms with Gasteiger partial charge in [0, 0.05) is 12.8 Å². The summed E-state index contributed by atoms with van der Waals surface area (Å²) in [6.07, 6.45) is 52.8. The Morgan fingerprint density at radius 2 is 0.692 bits per heavy atom. The molecule has 0 rings (SSSR count). The Hall–Kier alpha value is -0.990. The summed E-state index contributed by atoms with van der Waals surface area (Å²) >= 11 is 0. The number of esters is 2. The molecule has 0 radical (unpaired) electrons. The second-order valence-electron chi connectivity index (χ2n) is 20.7. The molecule has 0 heterocycles. The highest BCUT2D eigenvalue weighted by Gasteiger charge is 2.22. The van der Waals surface area contributed by atoms with Gasteiger partial charge in [-0.05, 0) is 12.8 Å². The largest absolute Gasteiger partial charge is 0.756 e. The molecule has 0 aromatic heterocycles. The first kappa shape index (κ1) is 64.0. The van der Waals surface area contributed by atoms with Gasteiger partial charge in [0.1, 0.15) is 19.8 Å². The van der Waals surface area contributed by atoms with Gasteiger partial charge in [-0.15, -0.1) is 0 Å². The average Bonchev–Trinajstić information content (AvgIpc) is 3.26. The summed E-state index contributed by atoms with van der Waals surface area (Å²) in [7, 11) is 1.19. The van der Waals surface area contributed by atoms with Crippen LogP contribution in [0.4, 0.5) is 0 Å². The van der Waals surface area contributed by atoms with Crippen LogP contribution in [0, 0.1) is 0 Å². The fourth-order valence-corrected chi connectivity index (χ4v) is 9.21. The second kappa shape index (κ2) is 48.1. The van der Waals surface area contributed by atoms with E-state index in [4.69, 9.17) is 18.5 Å². The minimum atomic E-state index is -4.62. The van der Waals surface area contributed by atoms with E-state index in [1.807, 2.05) is 21.1 Å². The number of carbonyl (C=O) groups excluding carboxylic acids is 2. The van der Waals surface area contributed by atoms with Gasteiger partial charge in [0.25, 0.3) is 7.82 Å². The number of unbranched alkanes of at least 4 members (excludes halogenated alkanes) is 39. The van der Waals surface area contributed by atoms with Gasteiger partial charge in [0.15, 0.2) is 6.10 Å². The zero-order valence-electron chi connectivity index (χ0n) is 44.0. The van der Waals surface area contributed by atoms with Crippen LogP contribution in [0.15, 0.2) is 0 Å². The topological polar surface area (TPSA) is 111 Å². The predicted octanol–water partition coefficient (Wildman–Crippen LogP) is 16.5. The third kappa shape index (κ3) is 52.2. The molecule has 0 N–H and O–H groups in total. The summed E-state index contributed by atoms with van der Waals surface area (Å²) < 4.78 is 34.1. The molecule has 0 aliphatic rings. The number of phosphoric acid groups is 1. The Kier molecular flexibility index (Phi) is 47.3. The van der Waals surface area contributed by atoms with Crippen LogP contribution in [0.25, 0.3) is 0 Å². The van der Waals surface area contributed by atoms with Gasteiger partial charge in [0.2, 0.25) is 0 Å². The summed E-state index contributed by atoms with van der Waals surface area (Å²) in [5, 5.41) is 0. The van der Waals surface area contributed by atoms with Gasteiger partial charge in [-0.3, -0.25) is 14.2 Å². The van der Waals surface area contributed by atoms with Gasteiger partial charge in [-0.1, -0.05) is 264 Å². The Bertz CT molecular complexity index is 1070. The summed E-state index contributed by atoms with van der Waals surface area (Å²) in [5.74, 6) is -0.810. The minimum absolute atomic E-state index is 0.0252. The Balaban J connectivity index is 4.11. The van der Waals surface area contributed by atoms with Gasteiger partial charge >= 0.3 is 11.9 Å². The standard InChI is InChI=1S/C55H110NO8P/c1-6-8-10-12-14-16-18-20-22-24-26-27-28-29-30-32-33-35-37-39-41-43-45-47-54(57)61-51-53(52-63-65(59,60)62-50-49-56(3,4)5)64-55(58)48-46-44-42-40-38-36-34-31-25-23-21-19-17-15-13-11-9-7-2/h53H,6-52H2,1-5H3. The molecule has 388 valence electrons. The molecule has 0 bridgehead atoms. The van der Waals surface area contributed by atoms with Crippen molar-refractivity contribution < 1.29 is 42.1 Å². The predicted molar refractivity (Wildman–Crippen MR) is 273 cm³/mol. The summed E-state index contributed by atoms with van der Waals surface area (Å²) in [6, 6.07) is 0. The van der Waals surface area contributed by atoms with Crippen LogP contribution in [0.5, 0.6) is 0 Å². The van der Waals surface area contributed by atoms with Crippen LogP contribution in [0.3, 0.4) is 0 Å². The van der Waals surface area contributed by atoms with Crippen LogP contribution >= 0.6 is 7.82 Å². The fraction of sp³-hybridized carbons (Fsp3) is 0.964. The maximum Gasteiger partial charge on any atom is 0.306 e. The van der Waals surface area contributed by atoms with Crippen LogP contribution < -0.4 is 4.89 Å². The number of carbonyl (C=O) groups is 2. The molecule has 2 atom stereocenters. The highest BCUT2D eigenvalue weighted by molar-refractivity contribution is 7.45. The smallest absolute Gasteiger partial charge is 0.306 e. The maximum absolute atomic E-state index is 12.8. The molecule has 0 fully saturated rings. The normalized spacial score (nSPS) is 13.3. The summed E-state index contributed by atoms with van der Waals surface area (Å²) in [4.78, 5) is 37.8. The molecule has 0 aliphatic carbocycles. The van der Waals surface area contributed by atoms with Crippen LogP contribution in [-0.2, 0) is 32.7 Å². The number of hydrogen-bond acceptors (Lipinski definition) is 8. The highest BCUT2D eigenvalue weighted by atomic mass is 31.2. The molecular weight excluding hydrogens is 834 g/mol. The second-order valence-corrected chi connectivity index (χ2v) is 22.1. The Morgan fingerprint density at radius 1 is 0.415 bits per heavy atom. The first-order valence-electron chi connectivity index (χ1n) is 28.2. The van der Waals surface area contributed by atoms with Crippen molar-refractivity contribution in [2.24, 2.45) is 0 Å². The zero-order chi connectivity index (χ0) is 47.8. The summed E-state index contributed by atoms with van der Waals surface area (Å²) in [6.45, 7) is 4.31. The molecule has 0 spiro atoms. The van der Waals surface area contributed by atoms with E-state index in [-0.39, 0.29) is 32.0 Å². The first-order valence-corrected chi connectivity index (χ1v) is 29.7. The molecule has 0 saturated heterocycles. The zero-order valence-corrected chi connectivity index (χ0v) is 44.9. The Morgan fingerprint density at radius 3 is 0.985 bits per heavy atom. The van der Waals surface area contributed by atoms with E-state index in [1.165, 1.54) is 225 Å². The lowest BCUT2D eigenvalue weighted by Gasteiger charge is -2.28. The Labute approximate surface area is 404 Å². The molecular formula is C55H110NO8P. The lowest BCUT2D eigenvalue weighted by Crippen LogP contribution is -2.37. The molecule has 0 aromatic rings. The third-order valence-corrected chi connectivity index (χ3v) is 13.8. The molecule has 0 saturated carbocycles. The number of phosphoric ester groups is 1. The van der Waals surface area contributed by atoms with Gasteiger partial charge in [-0.25, -0.2) is 0 Å². The van der Waals surface area contributed by atoms with E-state index < -0.39 is 26.5 Å². The molecule has 10 heteroatoms. The van der Waals surface area contributed by atoms with Gasteiger partial charge in [-0.2, -0.15) is 0 Å². The van der Waals surface area contributed by atoms with Crippen LogP contribution in [0.1, 0.15) is 290 Å².